The van der Waals surface area contributed by atoms with E-state index >= 15 is 0 Å². The molecule has 1 saturated carbocycles. The average Bonchev–Trinajstić information content (AvgIpc) is 2.99. The summed E-state index contributed by atoms with van der Waals surface area (Å²) in [6, 6.07) is 10.7. The van der Waals surface area contributed by atoms with Crippen LogP contribution in [0, 0.1) is 11.3 Å². The number of hydrogen-bond acceptors (Lipinski definition) is 1. The minimum Gasteiger partial charge on any atom is -0.349 e. The van der Waals surface area contributed by atoms with Crippen molar-refractivity contribution in [2.24, 2.45) is 11.3 Å². The third kappa shape index (κ3) is 1.84. The van der Waals surface area contributed by atoms with Gasteiger partial charge in [-0.15, -0.1) is 0 Å². The van der Waals surface area contributed by atoms with Crippen LogP contribution in [0.5, 0.6) is 0 Å². The van der Waals surface area contributed by atoms with E-state index < -0.39 is 0 Å². The molecule has 2 fully saturated rings. The van der Waals surface area contributed by atoms with E-state index in [1.807, 2.05) is 6.07 Å². The van der Waals surface area contributed by atoms with Crippen molar-refractivity contribution in [1.82, 2.24) is 5.32 Å². The molecule has 1 aliphatic heterocycles. The zero-order chi connectivity index (χ0) is 12.6. The third-order valence-electron chi connectivity index (χ3n) is 4.93. The SMILES string of the molecule is CC1(C2CCCC2)CC(=O)NC1c1ccccc1. The van der Waals surface area contributed by atoms with Crippen LogP contribution in [0.4, 0.5) is 0 Å². The summed E-state index contributed by atoms with van der Waals surface area (Å²) >= 11 is 0. The van der Waals surface area contributed by atoms with Crippen LogP contribution in [0.25, 0.3) is 0 Å². The lowest BCUT2D eigenvalue weighted by molar-refractivity contribution is -0.119. The maximum atomic E-state index is 11.9. The van der Waals surface area contributed by atoms with Gasteiger partial charge in [0.15, 0.2) is 0 Å². The third-order valence-corrected chi connectivity index (χ3v) is 4.93. The van der Waals surface area contributed by atoms with Gasteiger partial charge in [-0.05, 0) is 24.3 Å². The van der Waals surface area contributed by atoms with Crippen LogP contribution in [-0.2, 0) is 4.79 Å². The molecule has 0 spiro atoms. The lowest BCUT2D eigenvalue weighted by Crippen LogP contribution is -2.32. The van der Waals surface area contributed by atoms with E-state index in [0.29, 0.717) is 12.3 Å². The summed E-state index contributed by atoms with van der Waals surface area (Å²) < 4.78 is 0. The molecule has 2 unspecified atom stereocenters. The van der Waals surface area contributed by atoms with Gasteiger partial charge in [0, 0.05) is 11.8 Å². The predicted octanol–water partition coefficient (Wildman–Crippen LogP) is 3.44. The van der Waals surface area contributed by atoms with E-state index in [4.69, 9.17) is 0 Å². The quantitative estimate of drug-likeness (QED) is 0.847. The number of hydrogen-bond donors (Lipinski definition) is 1. The van der Waals surface area contributed by atoms with Crippen LogP contribution in [-0.4, -0.2) is 5.91 Å². The second-order valence-electron chi connectivity index (χ2n) is 6.08. The Kier molecular flexibility index (Phi) is 2.89. The van der Waals surface area contributed by atoms with Crippen molar-refractivity contribution in [3.05, 3.63) is 35.9 Å². The Morgan fingerprint density at radius 1 is 1.17 bits per heavy atom. The number of rotatable bonds is 2. The van der Waals surface area contributed by atoms with Crippen molar-refractivity contribution in [3.8, 4) is 0 Å². The summed E-state index contributed by atoms with van der Waals surface area (Å²) in [6.07, 6.45) is 5.92. The van der Waals surface area contributed by atoms with E-state index in [0.717, 1.165) is 0 Å². The molecule has 96 valence electrons. The Labute approximate surface area is 109 Å². The van der Waals surface area contributed by atoms with Crippen LogP contribution in [0.1, 0.15) is 50.6 Å². The van der Waals surface area contributed by atoms with Gasteiger partial charge in [-0.25, -0.2) is 0 Å². The lowest BCUT2D eigenvalue weighted by atomic mass is 9.69. The zero-order valence-electron chi connectivity index (χ0n) is 11.0. The fourth-order valence-corrected chi connectivity index (χ4v) is 3.90. The molecular formula is C16H21NO. The second-order valence-corrected chi connectivity index (χ2v) is 6.08. The molecular weight excluding hydrogens is 222 g/mol. The van der Waals surface area contributed by atoms with E-state index in [-0.39, 0.29) is 17.4 Å². The van der Waals surface area contributed by atoms with E-state index in [1.165, 1.54) is 31.2 Å². The van der Waals surface area contributed by atoms with Crippen LogP contribution in [0.15, 0.2) is 30.3 Å². The highest BCUT2D eigenvalue weighted by Crippen LogP contribution is 2.52. The van der Waals surface area contributed by atoms with Crippen molar-refractivity contribution in [2.45, 2.75) is 45.1 Å². The smallest absolute Gasteiger partial charge is 0.221 e. The molecule has 3 rings (SSSR count). The summed E-state index contributed by atoms with van der Waals surface area (Å²) in [4.78, 5) is 11.9. The first-order valence-electron chi connectivity index (χ1n) is 7.04. The zero-order valence-corrected chi connectivity index (χ0v) is 11.0. The molecule has 2 aliphatic rings. The van der Waals surface area contributed by atoms with Crippen molar-refractivity contribution < 1.29 is 4.79 Å². The minimum atomic E-state index is 0.106. The molecule has 1 heterocycles. The molecule has 0 aromatic heterocycles. The molecule has 1 aromatic carbocycles. The molecule has 0 bridgehead atoms. The van der Waals surface area contributed by atoms with Gasteiger partial charge in [-0.1, -0.05) is 50.1 Å². The van der Waals surface area contributed by atoms with Crippen LogP contribution in [0.2, 0.25) is 0 Å². The van der Waals surface area contributed by atoms with Gasteiger partial charge in [0.25, 0.3) is 0 Å². The van der Waals surface area contributed by atoms with Crippen molar-refractivity contribution in [3.63, 3.8) is 0 Å². The normalized spacial score (nSPS) is 32.7. The summed E-state index contributed by atoms with van der Waals surface area (Å²) in [5.41, 5.74) is 1.37. The summed E-state index contributed by atoms with van der Waals surface area (Å²) in [7, 11) is 0. The Balaban J connectivity index is 1.94. The predicted molar refractivity (Wildman–Crippen MR) is 72.0 cm³/mol. The molecule has 2 heteroatoms. The Bertz CT molecular complexity index is 436. The van der Waals surface area contributed by atoms with Gasteiger partial charge in [-0.3, -0.25) is 4.79 Å². The molecule has 18 heavy (non-hydrogen) atoms. The van der Waals surface area contributed by atoms with Crippen molar-refractivity contribution in [2.75, 3.05) is 0 Å². The van der Waals surface area contributed by atoms with Crippen LogP contribution >= 0.6 is 0 Å². The molecule has 0 radical (unpaired) electrons. The molecule has 1 aliphatic carbocycles. The first-order valence-corrected chi connectivity index (χ1v) is 7.04. The minimum absolute atomic E-state index is 0.106. The standard InChI is InChI=1S/C16H21NO/c1-16(13-9-5-6-10-13)11-14(18)17-15(16)12-7-3-2-4-8-12/h2-4,7-8,13,15H,5-6,9-11H2,1H3,(H,17,18). The van der Waals surface area contributed by atoms with Gasteiger partial charge in [-0.2, -0.15) is 0 Å². The highest BCUT2D eigenvalue weighted by atomic mass is 16.2. The first kappa shape index (κ1) is 11.8. The number of carbonyl (C=O) groups is 1. The second kappa shape index (κ2) is 4.42. The fourth-order valence-electron chi connectivity index (χ4n) is 3.90. The van der Waals surface area contributed by atoms with Gasteiger partial charge < -0.3 is 5.32 Å². The fraction of sp³-hybridized carbons (Fsp3) is 0.562. The van der Waals surface area contributed by atoms with Crippen LogP contribution < -0.4 is 5.32 Å². The number of nitrogens with one attached hydrogen (secondary N) is 1. The maximum Gasteiger partial charge on any atom is 0.221 e. The summed E-state index contributed by atoms with van der Waals surface area (Å²) in [5.74, 6) is 0.917. The number of benzene rings is 1. The molecule has 1 saturated heterocycles. The summed E-state index contributed by atoms with van der Waals surface area (Å²) in [6.45, 7) is 2.30. The van der Waals surface area contributed by atoms with Crippen molar-refractivity contribution in [1.29, 1.82) is 0 Å². The molecule has 2 atom stereocenters. The molecule has 1 aromatic rings. The molecule has 1 N–H and O–H groups in total. The number of carbonyl (C=O) groups excluding carboxylic acids is 1. The summed E-state index contributed by atoms with van der Waals surface area (Å²) in [5, 5.41) is 3.20. The molecule has 2 nitrogen and oxygen atoms in total. The van der Waals surface area contributed by atoms with Crippen LogP contribution in [0.3, 0.4) is 0 Å². The maximum absolute atomic E-state index is 11.9. The van der Waals surface area contributed by atoms with E-state index in [1.54, 1.807) is 0 Å². The topological polar surface area (TPSA) is 29.1 Å². The Morgan fingerprint density at radius 2 is 1.83 bits per heavy atom. The van der Waals surface area contributed by atoms with Gasteiger partial charge in [0.05, 0.1) is 6.04 Å². The largest absolute Gasteiger partial charge is 0.349 e. The van der Waals surface area contributed by atoms with E-state index in [9.17, 15) is 4.79 Å². The monoisotopic (exact) mass is 243 g/mol. The lowest BCUT2D eigenvalue weighted by Gasteiger charge is -2.36. The number of amides is 1. The Morgan fingerprint density at radius 3 is 2.50 bits per heavy atom. The van der Waals surface area contributed by atoms with Crippen molar-refractivity contribution >= 4 is 5.91 Å². The first-order chi connectivity index (χ1) is 8.70. The average molecular weight is 243 g/mol. The van der Waals surface area contributed by atoms with Gasteiger partial charge >= 0.3 is 0 Å². The van der Waals surface area contributed by atoms with E-state index in [2.05, 4.69) is 36.5 Å². The highest BCUT2D eigenvalue weighted by molar-refractivity contribution is 5.80. The molecule has 1 amide bonds. The highest BCUT2D eigenvalue weighted by Gasteiger charge is 2.49. The van der Waals surface area contributed by atoms with Gasteiger partial charge in [0.2, 0.25) is 5.91 Å². The Hall–Kier alpha value is -1.31. The van der Waals surface area contributed by atoms with Gasteiger partial charge in [0.1, 0.15) is 0 Å².